The van der Waals surface area contributed by atoms with Crippen molar-refractivity contribution in [3.63, 3.8) is 0 Å². The van der Waals surface area contributed by atoms with Crippen LogP contribution in [0, 0.1) is 0 Å². The summed E-state index contributed by atoms with van der Waals surface area (Å²) in [6, 6.07) is 8.82. The summed E-state index contributed by atoms with van der Waals surface area (Å²) in [5.41, 5.74) is 2.53. The zero-order valence-electron chi connectivity index (χ0n) is 15.4. The highest BCUT2D eigenvalue weighted by Gasteiger charge is 2.15. The van der Waals surface area contributed by atoms with E-state index >= 15 is 0 Å². The van der Waals surface area contributed by atoms with E-state index in [2.05, 4.69) is 39.9 Å². The van der Waals surface area contributed by atoms with E-state index < -0.39 is 8.25 Å². The van der Waals surface area contributed by atoms with Crippen molar-refractivity contribution >= 4 is 31.5 Å². The van der Waals surface area contributed by atoms with Crippen molar-refractivity contribution < 1.29 is 14.4 Å². The van der Waals surface area contributed by atoms with Crippen molar-refractivity contribution in [3.05, 3.63) is 29.8 Å². The SMILES string of the molecule is CCCl.O=[PH](O)O.c1cc(C2CCCCC2)ccc1N=C1NCCCN1. The van der Waals surface area contributed by atoms with Gasteiger partial charge in [0.15, 0.2) is 5.96 Å². The molecule has 1 saturated carbocycles. The van der Waals surface area contributed by atoms with Crippen LogP contribution in [0.25, 0.3) is 0 Å². The summed E-state index contributed by atoms with van der Waals surface area (Å²) in [7, 11) is -3.13. The van der Waals surface area contributed by atoms with Crippen molar-refractivity contribution in [2.24, 2.45) is 4.99 Å². The van der Waals surface area contributed by atoms with E-state index in [1.165, 1.54) is 44.1 Å². The number of halogens is 1. The van der Waals surface area contributed by atoms with E-state index in [1.54, 1.807) is 0 Å². The molecule has 0 unspecified atom stereocenters. The highest BCUT2D eigenvalue weighted by atomic mass is 35.5. The minimum Gasteiger partial charge on any atom is -0.356 e. The van der Waals surface area contributed by atoms with Crippen molar-refractivity contribution in [2.45, 2.75) is 51.4 Å². The second kappa shape index (κ2) is 14.0. The quantitative estimate of drug-likeness (QED) is 0.443. The van der Waals surface area contributed by atoms with Crippen LogP contribution in [0.2, 0.25) is 0 Å². The molecule has 1 saturated heterocycles. The highest BCUT2D eigenvalue weighted by molar-refractivity contribution is 7.30. The molecule has 1 aliphatic heterocycles. The fourth-order valence-corrected chi connectivity index (χ4v) is 3.03. The summed E-state index contributed by atoms with van der Waals surface area (Å²) >= 11 is 5.00. The third-order valence-electron chi connectivity index (χ3n) is 4.15. The van der Waals surface area contributed by atoms with E-state index in [1.807, 2.05) is 6.92 Å². The first kappa shape index (κ1) is 23.0. The number of guanidine groups is 1. The molecule has 1 aromatic carbocycles. The minimum absolute atomic E-state index is 0.722. The fraction of sp³-hybridized carbons (Fsp3) is 0.611. The molecule has 4 N–H and O–H groups in total. The summed E-state index contributed by atoms with van der Waals surface area (Å²) in [6.07, 6.45) is 8.08. The minimum atomic E-state index is -3.13. The van der Waals surface area contributed by atoms with E-state index in [4.69, 9.17) is 26.0 Å². The summed E-state index contributed by atoms with van der Waals surface area (Å²) in [4.78, 5) is 18.9. The topological polar surface area (TPSA) is 94.0 Å². The van der Waals surface area contributed by atoms with Gasteiger partial charge < -0.3 is 20.4 Å². The molecule has 2 aliphatic rings. The van der Waals surface area contributed by atoms with Crippen LogP contribution in [0.4, 0.5) is 5.69 Å². The summed E-state index contributed by atoms with van der Waals surface area (Å²) in [6.45, 7) is 3.93. The van der Waals surface area contributed by atoms with Gasteiger partial charge in [-0.15, -0.1) is 11.6 Å². The lowest BCUT2D eigenvalue weighted by molar-refractivity contribution is 0.405. The van der Waals surface area contributed by atoms with Crippen LogP contribution in [0.15, 0.2) is 29.3 Å². The van der Waals surface area contributed by atoms with E-state index in [0.29, 0.717) is 0 Å². The summed E-state index contributed by atoms with van der Waals surface area (Å²) < 4.78 is 8.74. The molecule has 0 bridgehead atoms. The standard InChI is InChI=1S/C16H23N3.C2H5Cl.H3O3P/c1-2-5-13(6-3-1)14-7-9-15(10-8-14)19-16-17-11-4-12-18-16;1-2-3;1-4(2)3/h7-10,13H,1-6,11-12H2,(H2,17,18,19);2H2,1H3;4H,(H2,1,2,3). The molecule has 2 fully saturated rings. The first-order valence-corrected chi connectivity index (χ1v) is 11.0. The number of nitrogens with zero attached hydrogens (tertiary/aromatic N) is 1. The Bertz CT molecular complexity index is 537. The molecule has 6 nitrogen and oxygen atoms in total. The fourth-order valence-electron chi connectivity index (χ4n) is 3.03. The maximum atomic E-state index is 8.74. The summed E-state index contributed by atoms with van der Waals surface area (Å²) in [5, 5.41) is 6.57. The number of benzene rings is 1. The molecule has 1 heterocycles. The van der Waals surface area contributed by atoms with Crippen molar-refractivity contribution in [1.29, 1.82) is 0 Å². The average Bonchev–Trinajstić information content (AvgIpc) is 2.64. The lowest BCUT2D eigenvalue weighted by atomic mass is 9.84. The van der Waals surface area contributed by atoms with Gasteiger partial charge in [0, 0.05) is 19.0 Å². The van der Waals surface area contributed by atoms with Gasteiger partial charge in [-0.3, -0.25) is 4.57 Å². The zero-order chi connectivity index (χ0) is 19.2. The summed E-state index contributed by atoms with van der Waals surface area (Å²) in [5.74, 6) is 2.41. The Kier molecular flexibility index (Phi) is 12.4. The first-order valence-electron chi connectivity index (χ1n) is 9.21. The zero-order valence-corrected chi connectivity index (χ0v) is 17.1. The maximum Gasteiger partial charge on any atom is 0.314 e. The molecule has 0 spiro atoms. The van der Waals surface area contributed by atoms with Crippen LogP contribution in [0.3, 0.4) is 0 Å². The normalized spacial score (nSPS) is 17.0. The molecular weight excluding hydrogens is 373 g/mol. The van der Waals surface area contributed by atoms with Crippen LogP contribution in [0.1, 0.15) is 56.9 Å². The number of alkyl halides is 1. The van der Waals surface area contributed by atoms with E-state index in [9.17, 15) is 0 Å². The number of aliphatic imine (C=N–C) groups is 1. The molecule has 0 atom stereocenters. The highest BCUT2D eigenvalue weighted by Crippen LogP contribution is 2.33. The van der Waals surface area contributed by atoms with E-state index in [0.717, 1.165) is 36.5 Å². The number of nitrogens with one attached hydrogen (secondary N) is 2. The van der Waals surface area contributed by atoms with Crippen molar-refractivity contribution in [3.8, 4) is 0 Å². The van der Waals surface area contributed by atoms with Crippen LogP contribution in [-0.2, 0) is 4.57 Å². The molecule has 1 aromatic rings. The third kappa shape index (κ3) is 10.2. The number of hydrogen-bond donors (Lipinski definition) is 4. The van der Waals surface area contributed by atoms with Gasteiger partial charge in [-0.05, 0) is 42.9 Å². The Morgan fingerprint density at radius 2 is 1.58 bits per heavy atom. The largest absolute Gasteiger partial charge is 0.356 e. The van der Waals surface area contributed by atoms with Gasteiger partial charge >= 0.3 is 8.25 Å². The maximum absolute atomic E-state index is 8.74. The van der Waals surface area contributed by atoms with Crippen LogP contribution in [0.5, 0.6) is 0 Å². The third-order valence-corrected chi connectivity index (χ3v) is 4.15. The Balaban J connectivity index is 0.000000419. The van der Waals surface area contributed by atoms with Gasteiger partial charge in [0.25, 0.3) is 0 Å². The van der Waals surface area contributed by atoms with Crippen molar-refractivity contribution in [2.75, 3.05) is 19.0 Å². The van der Waals surface area contributed by atoms with Gasteiger partial charge in [-0.25, -0.2) is 4.99 Å². The lowest BCUT2D eigenvalue weighted by Gasteiger charge is -2.22. The Morgan fingerprint density at radius 1 is 1.08 bits per heavy atom. The second-order valence-electron chi connectivity index (χ2n) is 6.14. The van der Waals surface area contributed by atoms with Crippen molar-refractivity contribution in [1.82, 2.24) is 10.6 Å². The van der Waals surface area contributed by atoms with Gasteiger partial charge in [0.2, 0.25) is 0 Å². The number of rotatable bonds is 2. The molecule has 0 amide bonds. The molecule has 1 aliphatic carbocycles. The van der Waals surface area contributed by atoms with Gasteiger partial charge in [0.05, 0.1) is 5.69 Å². The van der Waals surface area contributed by atoms with Gasteiger partial charge in [-0.2, -0.15) is 0 Å². The van der Waals surface area contributed by atoms with Crippen LogP contribution < -0.4 is 10.6 Å². The Hall–Kier alpha value is -1.07. The van der Waals surface area contributed by atoms with Gasteiger partial charge in [-0.1, -0.05) is 38.3 Å². The first-order chi connectivity index (χ1) is 12.6. The number of hydrogen-bond acceptors (Lipinski definition) is 2. The molecule has 0 radical (unpaired) electrons. The lowest BCUT2D eigenvalue weighted by Crippen LogP contribution is -2.43. The molecule has 8 heteroatoms. The van der Waals surface area contributed by atoms with E-state index in [-0.39, 0.29) is 0 Å². The molecule has 148 valence electrons. The van der Waals surface area contributed by atoms with Gasteiger partial charge in [0.1, 0.15) is 0 Å². The second-order valence-corrected chi connectivity index (χ2v) is 7.24. The van der Waals surface area contributed by atoms with Crippen LogP contribution >= 0.6 is 19.9 Å². The molecule has 26 heavy (non-hydrogen) atoms. The monoisotopic (exact) mass is 403 g/mol. The van der Waals surface area contributed by atoms with Crippen LogP contribution in [-0.4, -0.2) is 34.7 Å². The Labute approximate surface area is 162 Å². The molecular formula is C18H31ClN3O3P. The smallest absolute Gasteiger partial charge is 0.314 e. The predicted octanol–water partition coefficient (Wildman–Crippen LogP) is 3.91. The molecule has 3 rings (SSSR count). The molecule has 0 aromatic heterocycles. The Morgan fingerprint density at radius 3 is 2.08 bits per heavy atom. The predicted molar refractivity (Wildman–Crippen MR) is 110 cm³/mol. The average molecular weight is 404 g/mol.